The van der Waals surface area contributed by atoms with Gasteiger partial charge in [-0.1, -0.05) is 23.7 Å². The molecule has 3 aromatic rings. The number of nitrogens with zero attached hydrogens (tertiary/aromatic N) is 3. The molecule has 1 amide bonds. The van der Waals surface area contributed by atoms with Crippen molar-refractivity contribution in [2.24, 2.45) is 0 Å². The summed E-state index contributed by atoms with van der Waals surface area (Å²) in [5.41, 5.74) is 2.93. The second kappa shape index (κ2) is 7.71. The molecule has 0 aliphatic carbocycles. The summed E-state index contributed by atoms with van der Waals surface area (Å²) in [7, 11) is 0. The van der Waals surface area contributed by atoms with Gasteiger partial charge in [0.1, 0.15) is 5.82 Å². The first kappa shape index (κ1) is 18.0. The summed E-state index contributed by atoms with van der Waals surface area (Å²) >= 11 is 5.98. The zero-order valence-corrected chi connectivity index (χ0v) is 16.0. The molecule has 27 heavy (non-hydrogen) atoms. The monoisotopic (exact) mass is 383 g/mol. The molecule has 1 aliphatic rings. The SMILES string of the molecule is CCOCCn1c(C2CC(=O)N(c3ccc(Cl)cc3)C2)nc2ccccc21. The molecule has 5 nitrogen and oxygen atoms in total. The summed E-state index contributed by atoms with van der Waals surface area (Å²) in [6, 6.07) is 15.5. The van der Waals surface area contributed by atoms with Gasteiger partial charge in [0.05, 0.1) is 17.6 Å². The van der Waals surface area contributed by atoms with Crippen molar-refractivity contribution in [1.82, 2.24) is 9.55 Å². The van der Waals surface area contributed by atoms with Gasteiger partial charge in [0, 0.05) is 42.7 Å². The van der Waals surface area contributed by atoms with Crippen molar-refractivity contribution in [2.45, 2.75) is 25.8 Å². The van der Waals surface area contributed by atoms with Crippen LogP contribution in [0.2, 0.25) is 5.02 Å². The number of anilines is 1. The molecule has 1 aliphatic heterocycles. The van der Waals surface area contributed by atoms with E-state index in [2.05, 4.69) is 10.6 Å². The van der Waals surface area contributed by atoms with Crippen LogP contribution in [0.25, 0.3) is 11.0 Å². The largest absolute Gasteiger partial charge is 0.380 e. The smallest absolute Gasteiger partial charge is 0.227 e. The van der Waals surface area contributed by atoms with E-state index in [-0.39, 0.29) is 11.8 Å². The highest BCUT2D eigenvalue weighted by molar-refractivity contribution is 6.30. The molecule has 0 saturated carbocycles. The molecule has 1 atom stereocenters. The summed E-state index contributed by atoms with van der Waals surface area (Å²) in [6.45, 7) is 4.67. The predicted molar refractivity (Wildman–Crippen MR) is 107 cm³/mol. The Morgan fingerprint density at radius 1 is 1.19 bits per heavy atom. The average molecular weight is 384 g/mol. The van der Waals surface area contributed by atoms with Crippen LogP contribution < -0.4 is 4.90 Å². The van der Waals surface area contributed by atoms with Gasteiger partial charge in [-0.05, 0) is 43.3 Å². The van der Waals surface area contributed by atoms with Gasteiger partial charge in [-0.2, -0.15) is 0 Å². The van der Waals surface area contributed by atoms with Crippen molar-refractivity contribution in [1.29, 1.82) is 0 Å². The standard InChI is InChI=1S/C21H22ClN3O2/c1-2-27-12-11-24-19-6-4-3-5-18(19)23-21(24)15-13-20(26)25(14-15)17-9-7-16(22)8-10-17/h3-10,15H,2,11-14H2,1H3. The molecule has 2 heterocycles. The molecule has 1 saturated heterocycles. The van der Waals surface area contributed by atoms with Crippen LogP contribution in [0.3, 0.4) is 0 Å². The number of halogens is 1. The maximum Gasteiger partial charge on any atom is 0.227 e. The molecule has 0 N–H and O–H groups in total. The second-order valence-electron chi connectivity index (χ2n) is 6.69. The Kier molecular flexibility index (Phi) is 5.14. The predicted octanol–water partition coefficient (Wildman–Crippen LogP) is 4.25. The fourth-order valence-corrected chi connectivity index (χ4v) is 3.82. The fraction of sp³-hybridized carbons (Fsp3) is 0.333. The first-order valence-electron chi connectivity index (χ1n) is 9.26. The van der Waals surface area contributed by atoms with Gasteiger partial charge >= 0.3 is 0 Å². The van der Waals surface area contributed by atoms with Crippen LogP contribution in [0.1, 0.15) is 25.1 Å². The normalized spacial score (nSPS) is 17.2. The minimum Gasteiger partial charge on any atom is -0.380 e. The lowest BCUT2D eigenvalue weighted by atomic mass is 10.1. The van der Waals surface area contributed by atoms with Crippen molar-refractivity contribution in [2.75, 3.05) is 24.7 Å². The molecule has 140 valence electrons. The number of ether oxygens (including phenoxy) is 1. The van der Waals surface area contributed by atoms with Crippen molar-refractivity contribution in [3.8, 4) is 0 Å². The van der Waals surface area contributed by atoms with Crippen LogP contribution in [-0.4, -0.2) is 35.2 Å². The van der Waals surface area contributed by atoms with Crippen molar-refractivity contribution in [3.63, 3.8) is 0 Å². The number of imidazole rings is 1. The molecule has 1 aromatic heterocycles. The number of benzene rings is 2. The Labute approximate surface area is 163 Å². The Balaban J connectivity index is 1.64. The number of aromatic nitrogens is 2. The van der Waals surface area contributed by atoms with E-state index in [0.717, 1.165) is 29.1 Å². The summed E-state index contributed by atoms with van der Waals surface area (Å²) in [4.78, 5) is 19.3. The molecule has 6 heteroatoms. The number of carbonyl (C=O) groups excluding carboxylic acids is 1. The Morgan fingerprint density at radius 3 is 2.74 bits per heavy atom. The van der Waals surface area contributed by atoms with Crippen molar-refractivity contribution < 1.29 is 9.53 Å². The molecular formula is C21H22ClN3O2. The highest BCUT2D eigenvalue weighted by atomic mass is 35.5. The number of hydrogen-bond donors (Lipinski definition) is 0. The first-order chi connectivity index (χ1) is 13.2. The van der Waals surface area contributed by atoms with Gasteiger partial charge < -0.3 is 14.2 Å². The van der Waals surface area contributed by atoms with E-state index in [0.29, 0.717) is 31.2 Å². The molecule has 1 unspecified atom stereocenters. The van der Waals surface area contributed by atoms with Gasteiger partial charge in [-0.25, -0.2) is 4.98 Å². The lowest BCUT2D eigenvalue weighted by Crippen LogP contribution is -2.24. The molecule has 0 bridgehead atoms. The third kappa shape index (κ3) is 3.57. The number of para-hydroxylation sites is 2. The molecule has 2 aromatic carbocycles. The van der Waals surface area contributed by atoms with Crippen LogP contribution in [0, 0.1) is 0 Å². The Bertz CT molecular complexity index is 952. The quantitative estimate of drug-likeness (QED) is 0.598. The lowest BCUT2D eigenvalue weighted by molar-refractivity contribution is -0.117. The molecule has 1 fully saturated rings. The number of amides is 1. The van der Waals surface area contributed by atoms with E-state index in [1.165, 1.54) is 0 Å². The molecule has 0 radical (unpaired) electrons. The van der Waals surface area contributed by atoms with E-state index >= 15 is 0 Å². The topological polar surface area (TPSA) is 47.4 Å². The minimum absolute atomic E-state index is 0.0576. The number of carbonyl (C=O) groups is 1. The number of hydrogen-bond acceptors (Lipinski definition) is 3. The molecule has 4 rings (SSSR count). The lowest BCUT2D eigenvalue weighted by Gasteiger charge is -2.17. The average Bonchev–Trinajstić information content (AvgIpc) is 3.24. The van der Waals surface area contributed by atoms with Gasteiger partial charge in [0.15, 0.2) is 0 Å². The third-order valence-electron chi connectivity index (χ3n) is 4.98. The Morgan fingerprint density at radius 2 is 1.96 bits per heavy atom. The van der Waals surface area contributed by atoms with Gasteiger partial charge in [-0.3, -0.25) is 4.79 Å². The summed E-state index contributed by atoms with van der Waals surface area (Å²) in [5.74, 6) is 1.13. The van der Waals surface area contributed by atoms with Crippen molar-refractivity contribution >= 4 is 34.2 Å². The highest BCUT2D eigenvalue weighted by Crippen LogP contribution is 2.33. The minimum atomic E-state index is 0.0576. The van der Waals surface area contributed by atoms with Crippen molar-refractivity contribution in [3.05, 3.63) is 59.4 Å². The highest BCUT2D eigenvalue weighted by Gasteiger charge is 2.34. The summed E-state index contributed by atoms with van der Waals surface area (Å²) < 4.78 is 7.76. The van der Waals surface area contributed by atoms with Crippen LogP contribution in [0.4, 0.5) is 5.69 Å². The van der Waals surface area contributed by atoms with E-state index in [4.69, 9.17) is 21.3 Å². The van der Waals surface area contributed by atoms with Crippen LogP contribution in [0.15, 0.2) is 48.5 Å². The van der Waals surface area contributed by atoms with Gasteiger partial charge in [-0.15, -0.1) is 0 Å². The van der Waals surface area contributed by atoms with Crippen LogP contribution in [-0.2, 0) is 16.1 Å². The maximum atomic E-state index is 12.7. The van der Waals surface area contributed by atoms with E-state index < -0.39 is 0 Å². The zero-order valence-electron chi connectivity index (χ0n) is 15.3. The van der Waals surface area contributed by atoms with Crippen LogP contribution >= 0.6 is 11.6 Å². The van der Waals surface area contributed by atoms with E-state index in [1.54, 1.807) is 0 Å². The number of rotatable bonds is 6. The Hall–Kier alpha value is -2.37. The third-order valence-corrected chi connectivity index (χ3v) is 5.23. The first-order valence-corrected chi connectivity index (χ1v) is 9.64. The van der Waals surface area contributed by atoms with Gasteiger partial charge in [0.25, 0.3) is 0 Å². The summed E-state index contributed by atoms with van der Waals surface area (Å²) in [6.07, 6.45) is 0.459. The van der Waals surface area contributed by atoms with E-state index in [1.807, 2.05) is 54.3 Å². The van der Waals surface area contributed by atoms with Gasteiger partial charge in [0.2, 0.25) is 5.91 Å². The molecular weight excluding hydrogens is 362 g/mol. The van der Waals surface area contributed by atoms with Crippen LogP contribution in [0.5, 0.6) is 0 Å². The second-order valence-corrected chi connectivity index (χ2v) is 7.13. The van der Waals surface area contributed by atoms with E-state index in [9.17, 15) is 4.79 Å². The zero-order chi connectivity index (χ0) is 18.8. The summed E-state index contributed by atoms with van der Waals surface area (Å²) in [5, 5.41) is 0.666. The fourth-order valence-electron chi connectivity index (χ4n) is 3.69. The molecule has 0 spiro atoms. The number of fused-ring (bicyclic) bond motifs is 1. The maximum absolute atomic E-state index is 12.7.